The minimum absolute atomic E-state index is 0.0558. The van der Waals surface area contributed by atoms with Gasteiger partial charge in [-0.05, 0) is 58.6 Å². The second-order valence-electron chi connectivity index (χ2n) is 6.25. The number of rotatable bonds is 9. The van der Waals surface area contributed by atoms with Gasteiger partial charge in [-0.2, -0.15) is 0 Å². The van der Waals surface area contributed by atoms with Crippen LogP contribution in [0.4, 0.5) is 11.4 Å². The molecule has 2 aromatic rings. The first-order valence-electron chi connectivity index (χ1n) is 9.17. The maximum absolute atomic E-state index is 12.0. The van der Waals surface area contributed by atoms with Gasteiger partial charge < -0.3 is 15.4 Å². The largest absolute Gasteiger partial charge is 0.456 e. The molecule has 0 aliphatic heterocycles. The first kappa shape index (κ1) is 22.9. The molecule has 0 heterocycles. The van der Waals surface area contributed by atoms with Crippen LogP contribution in [0.5, 0.6) is 0 Å². The number of halogens is 2. The average Bonchev–Trinajstić information content (AvgIpc) is 2.69. The number of hydrogen-bond donors (Lipinski definition) is 2. The third-order valence-electron chi connectivity index (χ3n) is 4.02. The lowest BCUT2D eigenvalue weighted by atomic mass is 10.1. The number of amides is 2. The molecule has 154 valence electrons. The van der Waals surface area contributed by atoms with Crippen LogP contribution in [0.2, 0.25) is 5.02 Å². The van der Waals surface area contributed by atoms with Crippen molar-refractivity contribution in [3.8, 4) is 0 Å². The molecule has 0 aliphatic rings. The number of para-hydroxylation sites is 1. The number of carbonyl (C=O) groups is 3. The lowest BCUT2D eigenvalue weighted by molar-refractivity contribution is -0.147. The van der Waals surface area contributed by atoms with Crippen molar-refractivity contribution in [2.24, 2.45) is 0 Å². The summed E-state index contributed by atoms with van der Waals surface area (Å²) in [5.41, 5.74) is 2.34. The van der Waals surface area contributed by atoms with Crippen molar-refractivity contribution in [1.29, 1.82) is 0 Å². The number of aryl methyl sites for hydroxylation is 1. The SMILES string of the molecule is CCc1ccccc1NC(=O)CCCC(=O)OCC(=O)Nc1ccc(Br)c(Cl)c1. The first-order valence-corrected chi connectivity index (χ1v) is 10.3. The molecule has 29 heavy (non-hydrogen) atoms. The van der Waals surface area contributed by atoms with E-state index in [1.165, 1.54) is 0 Å². The molecule has 0 atom stereocenters. The molecular formula is C21H22BrClN2O4. The van der Waals surface area contributed by atoms with Gasteiger partial charge >= 0.3 is 5.97 Å². The quantitative estimate of drug-likeness (QED) is 0.496. The van der Waals surface area contributed by atoms with Crippen LogP contribution < -0.4 is 10.6 Å². The number of esters is 1. The van der Waals surface area contributed by atoms with Gasteiger partial charge in [-0.3, -0.25) is 14.4 Å². The van der Waals surface area contributed by atoms with Gasteiger partial charge in [0.05, 0.1) is 5.02 Å². The second-order valence-corrected chi connectivity index (χ2v) is 7.51. The molecule has 0 unspecified atom stereocenters. The van der Waals surface area contributed by atoms with E-state index in [1.807, 2.05) is 31.2 Å². The predicted octanol–water partition coefficient (Wildman–Crippen LogP) is 4.96. The number of carbonyl (C=O) groups excluding carboxylic acids is 3. The third-order valence-corrected chi connectivity index (χ3v) is 5.26. The molecule has 0 radical (unpaired) electrons. The molecule has 6 nitrogen and oxygen atoms in total. The van der Waals surface area contributed by atoms with Gasteiger partial charge in [0.25, 0.3) is 5.91 Å². The van der Waals surface area contributed by atoms with E-state index in [1.54, 1.807) is 18.2 Å². The van der Waals surface area contributed by atoms with Gasteiger partial charge in [0, 0.05) is 28.7 Å². The highest BCUT2D eigenvalue weighted by Gasteiger charge is 2.11. The average molecular weight is 482 g/mol. The summed E-state index contributed by atoms with van der Waals surface area (Å²) < 4.78 is 5.66. The van der Waals surface area contributed by atoms with Gasteiger partial charge in [0.15, 0.2) is 6.61 Å². The highest BCUT2D eigenvalue weighted by Crippen LogP contribution is 2.25. The molecule has 2 amide bonds. The van der Waals surface area contributed by atoms with Crippen molar-refractivity contribution >= 4 is 56.7 Å². The summed E-state index contributed by atoms with van der Waals surface area (Å²) in [5.74, 6) is -1.16. The molecular weight excluding hydrogens is 460 g/mol. The Hall–Kier alpha value is -2.38. The Bertz CT molecular complexity index is 889. The Labute approximate surface area is 183 Å². The summed E-state index contributed by atoms with van der Waals surface area (Å²) in [6.45, 7) is 1.62. The zero-order valence-corrected chi connectivity index (χ0v) is 18.3. The Balaban J connectivity index is 1.66. The van der Waals surface area contributed by atoms with Crippen LogP contribution in [-0.4, -0.2) is 24.4 Å². The van der Waals surface area contributed by atoms with Crippen LogP contribution in [0.15, 0.2) is 46.9 Å². The maximum atomic E-state index is 12.0. The zero-order valence-electron chi connectivity index (χ0n) is 16.0. The van der Waals surface area contributed by atoms with E-state index in [0.29, 0.717) is 21.6 Å². The van der Waals surface area contributed by atoms with E-state index >= 15 is 0 Å². The van der Waals surface area contributed by atoms with Gasteiger partial charge in [0.1, 0.15) is 0 Å². The van der Waals surface area contributed by atoms with Crippen LogP contribution in [0.1, 0.15) is 31.7 Å². The molecule has 0 spiro atoms. The number of benzene rings is 2. The lowest BCUT2D eigenvalue weighted by Crippen LogP contribution is -2.21. The molecule has 0 saturated carbocycles. The summed E-state index contributed by atoms with van der Waals surface area (Å²) in [7, 11) is 0. The van der Waals surface area contributed by atoms with Crippen LogP contribution in [-0.2, 0) is 25.5 Å². The summed E-state index contributed by atoms with van der Waals surface area (Å²) in [4.78, 5) is 35.7. The Kier molecular flexibility index (Phi) is 9.15. The molecule has 0 saturated heterocycles. The molecule has 2 rings (SSSR count). The second kappa shape index (κ2) is 11.6. The molecule has 0 fully saturated rings. The fourth-order valence-corrected chi connectivity index (χ4v) is 2.97. The Morgan fingerprint density at radius 2 is 1.79 bits per heavy atom. The zero-order chi connectivity index (χ0) is 21.2. The minimum atomic E-state index is -0.532. The lowest BCUT2D eigenvalue weighted by Gasteiger charge is -2.10. The smallest absolute Gasteiger partial charge is 0.306 e. The Morgan fingerprint density at radius 3 is 2.52 bits per heavy atom. The van der Waals surface area contributed by atoms with Gasteiger partial charge in [-0.25, -0.2) is 0 Å². The summed E-state index contributed by atoms with van der Waals surface area (Å²) in [6, 6.07) is 12.5. The number of nitrogens with one attached hydrogen (secondary N) is 2. The predicted molar refractivity (Wildman–Crippen MR) is 117 cm³/mol. The molecule has 2 N–H and O–H groups in total. The monoisotopic (exact) mass is 480 g/mol. The van der Waals surface area contributed by atoms with Gasteiger partial charge in [0.2, 0.25) is 5.91 Å². The van der Waals surface area contributed by atoms with E-state index in [2.05, 4.69) is 26.6 Å². The van der Waals surface area contributed by atoms with Crippen LogP contribution in [0.25, 0.3) is 0 Å². The van der Waals surface area contributed by atoms with Gasteiger partial charge in [-0.1, -0.05) is 36.7 Å². The van der Waals surface area contributed by atoms with E-state index < -0.39 is 18.5 Å². The number of ether oxygens (including phenoxy) is 1. The fraction of sp³-hybridized carbons (Fsp3) is 0.286. The summed E-state index contributed by atoms with van der Waals surface area (Å²) in [5, 5.41) is 5.90. The van der Waals surface area contributed by atoms with E-state index in [4.69, 9.17) is 16.3 Å². The van der Waals surface area contributed by atoms with Crippen LogP contribution in [0.3, 0.4) is 0 Å². The van der Waals surface area contributed by atoms with Crippen LogP contribution in [0, 0.1) is 0 Å². The van der Waals surface area contributed by atoms with E-state index in [-0.39, 0.29) is 18.7 Å². The fourth-order valence-electron chi connectivity index (χ4n) is 2.55. The Morgan fingerprint density at radius 1 is 1.03 bits per heavy atom. The van der Waals surface area contributed by atoms with E-state index in [9.17, 15) is 14.4 Å². The molecule has 8 heteroatoms. The van der Waals surface area contributed by atoms with Crippen molar-refractivity contribution < 1.29 is 19.1 Å². The molecule has 0 aromatic heterocycles. The molecule has 0 aliphatic carbocycles. The molecule has 0 bridgehead atoms. The highest BCUT2D eigenvalue weighted by molar-refractivity contribution is 9.10. The number of hydrogen-bond acceptors (Lipinski definition) is 4. The van der Waals surface area contributed by atoms with Crippen molar-refractivity contribution in [1.82, 2.24) is 0 Å². The van der Waals surface area contributed by atoms with Gasteiger partial charge in [-0.15, -0.1) is 0 Å². The van der Waals surface area contributed by atoms with Crippen molar-refractivity contribution in [2.75, 3.05) is 17.2 Å². The van der Waals surface area contributed by atoms with Crippen molar-refractivity contribution in [3.63, 3.8) is 0 Å². The minimum Gasteiger partial charge on any atom is -0.456 e. The van der Waals surface area contributed by atoms with Crippen LogP contribution >= 0.6 is 27.5 Å². The third kappa shape index (κ3) is 7.87. The summed E-state index contributed by atoms with van der Waals surface area (Å²) in [6.07, 6.45) is 1.40. The first-order chi connectivity index (χ1) is 13.9. The number of anilines is 2. The normalized spacial score (nSPS) is 10.3. The van der Waals surface area contributed by atoms with Crippen molar-refractivity contribution in [3.05, 3.63) is 57.5 Å². The molecule has 2 aromatic carbocycles. The topological polar surface area (TPSA) is 84.5 Å². The van der Waals surface area contributed by atoms with Crippen molar-refractivity contribution in [2.45, 2.75) is 32.6 Å². The highest BCUT2D eigenvalue weighted by atomic mass is 79.9. The van der Waals surface area contributed by atoms with E-state index in [0.717, 1.165) is 17.7 Å². The maximum Gasteiger partial charge on any atom is 0.306 e. The standard InChI is InChI=1S/C21H22BrClN2O4/c1-2-14-6-3-4-7-18(14)25-19(26)8-5-9-21(28)29-13-20(27)24-15-10-11-16(22)17(23)12-15/h3-4,6-7,10-12H,2,5,8-9,13H2,1H3,(H,24,27)(H,25,26). The summed E-state index contributed by atoms with van der Waals surface area (Å²) >= 11 is 9.22.